The molecule has 0 bridgehead atoms. The molecule has 159 valence electrons. The van der Waals surface area contributed by atoms with E-state index in [2.05, 4.69) is 47.0 Å². The Bertz CT molecular complexity index is 1250. The van der Waals surface area contributed by atoms with Gasteiger partial charge < -0.3 is 4.74 Å². The summed E-state index contributed by atoms with van der Waals surface area (Å²) in [5.41, 5.74) is 3.78. The summed E-state index contributed by atoms with van der Waals surface area (Å²) in [6, 6.07) is 8.23. The van der Waals surface area contributed by atoms with Gasteiger partial charge in [-0.05, 0) is 25.1 Å². The smallest absolute Gasteiger partial charge is 0.322 e. The van der Waals surface area contributed by atoms with Crippen LogP contribution in [0.25, 0.3) is 22.5 Å². The lowest BCUT2D eigenvalue weighted by Crippen LogP contribution is -2.12. The standard InChI is InChI=1S/C23H24FN6O/c1-14-9-17(24)16(19-11-21(23(2,3)4)28-30(19)6)10-20(14)31-22-25-8-7-18(27-22)15-12-26-29(5)13-15/h7-8,10-13H,1-6H3. The molecule has 3 aromatic heterocycles. The summed E-state index contributed by atoms with van der Waals surface area (Å²) in [7, 11) is 3.63. The van der Waals surface area contributed by atoms with E-state index in [1.807, 2.05) is 19.3 Å². The Kier molecular flexibility index (Phi) is 5.08. The normalized spacial score (nSPS) is 11.7. The molecule has 0 aliphatic heterocycles. The molecule has 0 saturated carbocycles. The summed E-state index contributed by atoms with van der Waals surface area (Å²) in [5.74, 6) is -0.0309. The summed E-state index contributed by atoms with van der Waals surface area (Å²) < 4.78 is 24.1. The lowest BCUT2D eigenvalue weighted by Gasteiger charge is -2.13. The number of benzene rings is 1. The predicted molar refractivity (Wildman–Crippen MR) is 115 cm³/mol. The predicted octanol–water partition coefficient (Wildman–Crippen LogP) is 4.62. The van der Waals surface area contributed by atoms with Gasteiger partial charge in [0, 0.05) is 54.7 Å². The Balaban J connectivity index is 1.71. The summed E-state index contributed by atoms with van der Waals surface area (Å²) in [5, 5.41) is 8.71. The topological polar surface area (TPSA) is 70.7 Å². The van der Waals surface area contributed by atoms with E-state index in [4.69, 9.17) is 4.74 Å². The van der Waals surface area contributed by atoms with Crippen molar-refractivity contribution in [2.24, 2.45) is 14.1 Å². The largest absolute Gasteiger partial charge is 0.424 e. The van der Waals surface area contributed by atoms with Gasteiger partial charge in [-0.25, -0.2) is 9.37 Å². The maximum absolute atomic E-state index is 14.8. The fourth-order valence-corrected chi connectivity index (χ4v) is 3.18. The Morgan fingerprint density at radius 1 is 1.16 bits per heavy atom. The molecule has 31 heavy (non-hydrogen) atoms. The number of aromatic nitrogens is 6. The summed E-state index contributed by atoms with van der Waals surface area (Å²) in [6.45, 7) is 7.94. The van der Waals surface area contributed by atoms with Crippen LogP contribution in [0, 0.1) is 18.8 Å². The molecule has 1 radical (unpaired) electrons. The average Bonchev–Trinajstić information content (AvgIpc) is 3.30. The lowest BCUT2D eigenvalue weighted by molar-refractivity contribution is 0.438. The molecule has 8 heteroatoms. The third kappa shape index (κ3) is 4.19. The maximum Gasteiger partial charge on any atom is 0.322 e. The van der Waals surface area contributed by atoms with Crippen LogP contribution in [-0.4, -0.2) is 29.5 Å². The molecular weight excluding hydrogens is 395 g/mol. The molecule has 0 spiro atoms. The van der Waals surface area contributed by atoms with E-state index in [-0.39, 0.29) is 11.4 Å². The average molecular weight is 419 g/mol. The highest BCUT2D eigenvalue weighted by molar-refractivity contribution is 5.64. The Labute approximate surface area is 180 Å². The van der Waals surface area contributed by atoms with E-state index < -0.39 is 5.82 Å². The van der Waals surface area contributed by atoms with Crippen molar-refractivity contribution in [3.63, 3.8) is 0 Å². The van der Waals surface area contributed by atoms with Crippen molar-refractivity contribution in [2.45, 2.75) is 33.1 Å². The van der Waals surface area contributed by atoms with Gasteiger partial charge in [0.25, 0.3) is 0 Å². The molecule has 7 nitrogen and oxygen atoms in total. The number of hydrogen-bond donors (Lipinski definition) is 0. The minimum Gasteiger partial charge on any atom is -0.424 e. The van der Waals surface area contributed by atoms with Gasteiger partial charge in [0.05, 0.1) is 23.3 Å². The van der Waals surface area contributed by atoms with Crippen LogP contribution in [0.5, 0.6) is 11.8 Å². The van der Waals surface area contributed by atoms with Crippen molar-refractivity contribution in [1.29, 1.82) is 0 Å². The van der Waals surface area contributed by atoms with E-state index >= 15 is 0 Å². The van der Waals surface area contributed by atoms with Gasteiger partial charge in [0.15, 0.2) is 0 Å². The van der Waals surface area contributed by atoms with Gasteiger partial charge in [-0.3, -0.25) is 9.36 Å². The molecule has 3 heterocycles. The number of ether oxygens (including phenoxy) is 1. The molecule has 4 rings (SSSR count). The van der Waals surface area contributed by atoms with Gasteiger partial charge in [0.2, 0.25) is 0 Å². The fourth-order valence-electron chi connectivity index (χ4n) is 3.18. The van der Waals surface area contributed by atoms with Gasteiger partial charge in [0.1, 0.15) is 11.6 Å². The summed E-state index contributed by atoms with van der Waals surface area (Å²) >= 11 is 0. The van der Waals surface area contributed by atoms with Gasteiger partial charge >= 0.3 is 6.01 Å². The van der Waals surface area contributed by atoms with E-state index in [0.717, 1.165) is 11.3 Å². The van der Waals surface area contributed by atoms with E-state index in [1.165, 1.54) is 0 Å². The molecular formula is C23H24FN6O. The molecule has 0 amide bonds. The molecule has 0 unspecified atom stereocenters. The van der Waals surface area contributed by atoms with Crippen LogP contribution in [0.15, 0.2) is 36.8 Å². The molecule has 4 aromatic rings. The number of nitrogens with zero attached hydrogens (tertiary/aromatic N) is 6. The van der Waals surface area contributed by atoms with Crippen molar-refractivity contribution in [1.82, 2.24) is 29.5 Å². The van der Waals surface area contributed by atoms with Crippen LogP contribution in [0.3, 0.4) is 0 Å². The van der Waals surface area contributed by atoms with Crippen molar-refractivity contribution < 1.29 is 9.13 Å². The molecule has 0 atom stereocenters. The molecule has 0 N–H and O–H groups in total. The monoisotopic (exact) mass is 419 g/mol. The number of hydrogen-bond acceptors (Lipinski definition) is 5. The second-order valence-electron chi connectivity index (χ2n) is 8.50. The van der Waals surface area contributed by atoms with Crippen LogP contribution >= 0.6 is 0 Å². The zero-order chi connectivity index (χ0) is 22.3. The second-order valence-corrected chi connectivity index (χ2v) is 8.50. The molecule has 1 aromatic carbocycles. The van der Waals surface area contributed by atoms with Crippen LogP contribution in [0.2, 0.25) is 0 Å². The van der Waals surface area contributed by atoms with Crippen LogP contribution in [0.1, 0.15) is 32.0 Å². The maximum atomic E-state index is 14.8. The molecule has 0 aliphatic rings. The third-order valence-electron chi connectivity index (χ3n) is 4.94. The van der Waals surface area contributed by atoms with E-state index in [1.54, 1.807) is 47.9 Å². The lowest BCUT2D eigenvalue weighted by atomic mass is 9.92. The zero-order valence-electron chi connectivity index (χ0n) is 18.4. The van der Waals surface area contributed by atoms with Crippen LogP contribution in [-0.2, 0) is 19.5 Å². The van der Waals surface area contributed by atoms with Crippen molar-refractivity contribution in [3.8, 4) is 34.3 Å². The summed E-state index contributed by atoms with van der Waals surface area (Å²) in [4.78, 5) is 8.66. The highest BCUT2D eigenvalue weighted by Gasteiger charge is 2.22. The van der Waals surface area contributed by atoms with Gasteiger partial charge in [-0.1, -0.05) is 20.8 Å². The van der Waals surface area contributed by atoms with Crippen LogP contribution in [0.4, 0.5) is 4.39 Å². The molecule has 0 saturated heterocycles. The summed E-state index contributed by atoms with van der Waals surface area (Å²) in [6.07, 6.45) is 5.19. The van der Waals surface area contributed by atoms with Crippen molar-refractivity contribution in [2.75, 3.05) is 0 Å². The minimum atomic E-state index is -0.460. The van der Waals surface area contributed by atoms with Crippen LogP contribution < -0.4 is 4.74 Å². The Morgan fingerprint density at radius 2 is 1.94 bits per heavy atom. The first kappa shape index (κ1) is 20.7. The molecule has 0 fully saturated rings. The Morgan fingerprint density at radius 3 is 2.58 bits per heavy atom. The number of aryl methyl sites for hydroxylation is 3. The number of halogens is 1. The first-order chi connectivity index (χ1) is 14.6. The van der Waals surface area contributed by atoms with Crippen molar-refractivity contribution in [3.05, 3.63) is 59.9 Å². The van der Waals surface area contributed by atoms with E-state index in [9.17, 15) is 4.39 Å². The third-order valence-corrected chi connectivity index (χ3v) is 4.94. The Hall–Kier alpha value is -3.55. The molecule has 0 aliphatic carbocycles. The highest BCUT2D eigenvalue weighted by atomic mass is 19.1. The highest BCUT2D eigenvalue weighted by Crippen LogP contribution is 2.33. The van der Waals surface area contributed by atoms with Gasteiger partial charge in [-0.2, -0.15) is 15.2 Å². The quantitative estimate of drug-likeness (QED) is 0.483. The minimum absolute atomic E-state index is 0.152. The van der Waals surface area contributed by atoms with Gasteiger partial charge in [-0.15, -0.1) is 0 Å². The zero-order valence-corrected chi connectivity index (χ0v) is 18.4. The van der Waals surface area contributed by atoms with E-state index in [0.29, 0.717) is 28.3 Å². The fraction of sp³-hybridized carbons (Fsp3) is 0.304. The number of rotatable bonds is 4. The second kappa shape index (κ2) is 7.61. The van der Waals surface area contributed by atoms with Crippen molar-refractivity contribution >= 4 is 0 Å². The SMILES string of the molecule is Cc1[c]c(F)c(-c2cc(C(C)(C)C)nn2C)cc1Oc1nccc(-c2cnn(C)c2)n1. The first-order valence-corrected chi connectivity index (χ1v) is 9.89. The first-order valence-electron chi connectivity index (χ1n) is 9.89.